The third-order valence-corrected chi connectivity index (χ3v) is 4.76. The zero-order chi connectivity index (χ0) is 18.9. The van der Waals surface area contributed by atoms with Crippen LogP contribution in [0.4, 0.5) is 5.69 Å². The number of rotatable bonds is 8. The lowest BCUT2D eigenvalue weighted by Gasteiger charge is -2.36. The quantitative estimate of drug-likeness (QED) is 0.646. The number of quaternary nitrogens is 1. The molecule has 0 saturated carbocycles. The van der Waals surface area contributed by atoms with Crippen LogP contribution in [0.2, 0.25) is 0 Å². The van der Waals surface area contributed by atoms with Gasteiger partial charge in [0.25, 0.3) is 11.8 Å². The molecule has 1 unspecified atom stereocenters. The molecule has 1 aromatic rings. The van der Waals surface area contributed by atoms with Crippen LogP contribution in [0.15, 0.2) is 24.3 Å². The van der Waals surface area contributed by atoms with Gasteiger partial charge in [-0.2, -0.15) is 0 Å². The Morgan fingerprint density at radius 3 is 2.27 bits per heavy atom. The number of methoxy groups -OCH3 is 1. The Hall–Kier alpha value is -2.28. The van der Waals surface area contributed by atoms with E-state index in [0.717, 1.165) is 36.0 Å². The Labute approximate surface area is 155 Å². The second-order valence-electron chi connectivity index (χ2n) is 6.48. The summed E-state index contributed by atoms with van der Waals surface area (Å²) in [4.78, 5) is 29.5. The Kier molecular flexibility index (Phi) is 7.72. The van der Waals surface area contributed by atoms with Crippen LogP contribution in [-0.4, -0.2) is 76.2 Å². The number of ether oxygens (including phenoxy) is 1. The Morgan fingerprint density at radius 2 is 1.73 bits per heavy atom. The molecule has 0 aliphatic carbocycles. The summed E-state index contributed by atoms with van der Waals surface area (Å²) >= 11 is 0. The van der Waals surface area contributed by atoms with Crippen molar-refractivity contribution in [2.75, 3.05) is 64.4 Å². The van der Waals surface area contributed by atoms with Gasteiger partial charge in [0.2, 0.25) is 0 Å². The van der Waals surface area contributed by atoms with E-state index in [1.807, 2.05) is 43.0 Å². The van der Waals surface area contributed by atoms with Crippen LogP contribution in [0.1, 0.15) is 13.8 Å². The summed E-state index contributed by atoms with van der Waals surface area (Å²) < 4.78 is 5.19. The number of piperazine rings is 1. The molecule has 1 aromatic carbocycles. The third kappa shape index (κ3) is 5.62. The highest BCUT2D eigenvalue weighted by Gasteiger charge is 2.25. The number of hydrogen-bond acceptors (Lipinski definition) is 4. The van der Waals surface area contributed by atoms with Gasteiger partial charge in [-0.3, -0.25) is 9.59 Å². The van der Waals surface area contributed by atoms with Crippen molar-refractivity contribution in [2.24, 2.45) is 0 Å². The molecule has 2 amide bonds. The fourth-order valence-electron chi connectivity index (χ4n) is 3.13. The van der Waals surface area contributed by atoms with Crippen molar-refractivity contribution < 1.29 is 19.2 Å². The van der Waals surface area contributed by atoms with Crippen LogP contribution in [0.5, 0.6) is 5.75 Å². The lowest BCUT2D eigenvalue weighted by molar-refractivity contribution is -0.882. The highest BCUT2D eigenvalue weighted by atomic mass is 16.5. The molecule has 7 heteroatoms. The molecule has 0 spiro atoms. The maximum absolute atomic E-state index is 12.6. The Balaban J connectivity index is 1.82. The number of likely N-dealkylation sites (N-methyl/N-ethyl adjacent to an activating group) is 2. The predicted molar refractivity (Wildman–Crippen MR) is 102 cm³/mol. The topological polar surface area (TPSA) is 66.3 Å². The number of anilines is 1. The fourth-order valence-corrected chi connectivity index (χ4v) is 3.13. The standard InChI is InChI=1S/C19H30N4O3/c1-4-20-18(24)14-21(5-2)15-19(25)23-12-10-22(11-13-23)16-6-8-17(26-3)9-7-16/h6-9H,4-5,10-15H2,1-3H3,(H,20,24)/p+1. The molecule has 7 nitrogen and oxygen atoms in total. The summed E-state index contributed by atoms with van der Waals surface area (Å²) in [7, 11) is 1.66. The van der Waals surface area contributed by atoms with Crippen LogP contribution in [0, 0.1) is 0 Å². The summed E-state index contributed by atoms with van der Waals surface area (Å²) in [5, 5.41) is 2.79. The van der Waals surface area contributed by atoms with Gasteiger partial charge in [0.1, 0.15) is 5.75 Å². The number of nitrogens with one attached hydrogen (secondary N) is 2. The molecule has 0 radical (unpaired) electrons. The fraction of sp³-hybridized carbons (Fsp3) is 0.579. The van der Waals surface area contributed by atoms with Crippen molar-refractivity contribution in [2.45, 2.75) is 13.8 Å². The molecule has 0 aromatic heterocycles. The molecule has 1 fully saturated rings. The van der Waals surface area contributed by atoms with Crippen molar-refractivity contribution in [1.82, 2.24) is 10.2 Å². The monoisotopic (exact) mass is 363 g/mol. The molecule has 2 rings (SSSR count). The van der Waals surface area contributed by atoms with Gasteiger partial charge in [-0.1, -0.05) is 0 Å². The third-order valence-electron chi connectivity index (χ3n) is 4.76. The van der Waals surface area contributed by atoms with E-state index in [2.05, 4.69) is 10.2 Å². The van der Waals surface area contributed by atoms with E-state index in [1.165, 1.54) is 0 Å². The van der Waals surface area contributed by atoms with Gasteiger partial charge in [0.05, 0.1) is 13.7 Å². The average molecular weight is 363 g/mol. The number of carbonyl (C=O) groups is 2. The highest BCUT2D eigenvalue weighted by molar-refractivity contribution is 5.79. The van der Waals surface area contributed by atoms with Gasteiger partial charge < -0.3 is 24.8 Å². The number of hydrogen-bond donors (Lipinski definition) is 2. The molecule has 1 atom stereocenters. The maximum Gasteiger partial charge on any atom is 0.277 e. The van der Waals surface area contributed by atoms with E-state index in [1.54, 1.807) is 7.11 Å². The van der Waals surface area contributed by atoms with E-state index in [9.17, 15) is 9.59 Å². The normalized spacial score (nSPS) is 15.5. The Bertz CT molecular complexity index is 583. The maximum atomic E-state index is 12.6. The molecule has 144 valence electrons. The summed E-state index contributed by atoms with van der Waals surface area (Å²) in [6, 6.07) is 8.00. The highest BCUT2D eigenvalue weighted by Crippen LogP contribution is 2.20. The molecule has 1 heterocycles. The summed E-state index contributed by atoms with van der Waals surface area (Å²) in [6.07, 6.45) is 0. The zero-order valence-corrected chi connectivity index (χ0v) is 16.1. The van der Waals surface area contributed by atoms with Crippen molar-refractivity contribution in [3.05, 3.63) is 24.3 Å². The van der Waals surface area contributed by atoms with Gasteiger partial charge >= 0.3 is 0 Å². The van der Waals surface area contributed by atoms with E-state index in [-0.39, 0.29) is 11.8 Å². The molecule has 2 N–H and O–H groups in total. The number of nitrogens with zero attached hydrogens (tertiary/aromatic N) is 2. The van der Waals surface area contributed by atoms with E-state index in [4.69, 9.17) is 4.74 Å². The van der Waals surface area contributed by atoms with Gasteiger partial charge in [-0.15, -0.1) is 0 Å². The lowest BCUT2D eigenvalue weighted by Crippen LogP contribution is -3.14. The molecule has 26 heavy (non-hydrogen) atoms. The van der Waals surface area contributed by atoms with E-state index >= 15 is 0 Å². The van der Waals surface area contributed by atoms with Crippen molar-refractivity contribution in [3.8, 4) is 5.75 Å². The minimum atomic E-state index is 0.00137. The van der Waals surface area contributed by atoms with E-state index in [0.29, 0.717) is 32.7 Å². The minimum Gasteiger partial charge on any atom is -0.497 e. The van der Waals surface area contributed by atoms with Crippen LogP contribution in [0.3, 0.4) is 0 Å². The first kappa shape index (κ1) is 20.0. The van der Waals surface area contributed by atoms with Gasteiger partial charge in [0.15, 0.2) is 13.1 Å². The van der Waals surface area contributed by atoms with Crippen molar-refractivity contribution >= 4 is 17.5 Å². The summed E-state index contributed by atoms with van der Waals surface area (Å²) in [6.45, 7) is 9.06. The molecule has 1 aliphatic rings. The SMILES string of the molecule is CCNC(=O)C[NH+](CC)CC(=O)N1CCN(c2ccc(OC)cc2)CC1. The van der Waals surface area contributed by atoms with E-state index < -0.39 is 0 Å². The predicted octanol–water partition coefficient (Wildman–Crippen LogP) is -0.615. The van der Waals surface area contributed by atoms with Crippen molar-refractivity contribution in [1.29, 1.82) is 0 Å². The largest absolute Gasteiger partial charge is 0.497 e. The smallest absolute Gasteiger partial charge is 0.277 e. The second kappa shape index (κ2) is 10.0. The first-order valence-electron chi connectivity index (χ1n) is 9.34. The first-order valence-corrected chi connectivity index (χ1v) is 9.34. The van der Waals surface area contributed by atoms with Crippen LogP contribution >= 0.6 is 0 Å². The van der Waals surface area contributed by atoms with Gasteiger partial charge in [-0.05, 0) is 38.1 Å². The zero-order valence-electron chi connectivity index (χ0n) is 16.1. The van der Waals surface area contributed by atoms with Crippen LogP contribution in [-0.2, 0) is 9.59 Å². The van der Waals surface area contributed by atoms with Gasteiger partial charge in [-0.25, -0.2) is 0 Å². The average Bonchev–Trinajstić information content (AvgIpc) is 2.67. The summed E-state index contributed by atoms with van der Waals surface area (Å²) in [5.74, 6) is 0.972. The second-order valence-corrected chi connectivity index (χ2v) is 6.48. The molecular formula is C19H31N4O3+. The Morgan fingerprint density at radius 1 is 1.08 bits per heavy atom. The molecule has 0 bridgehead atoms. The molecule has 1 saturated heterocycles. The number of amides is 2. The minimum absolute atomic E-state index is 0.00137. The summed E-state index contributed by atoms with van der Waals surface area (Å²) in [5.41, 5.74) is 1.15. The number of carbonyl (C=O) groups excluding carboxylic acids is 2. The molecular weight excluding hydrogens is 332 g/mol. The van der Waals surface area contributed by atoms with Crippen LogP contribution in [0.25, 0.3) is 0 Å². The van der Waals surface area contributed by atoms with Crippen LogP contribution < -0.4 is 19.9 Å². The first-order chi connectivity index (χ1) is 12.6. The van der Waals surface area contributed by atoms with Gasteiger partial charge in [0, 0.05) is 38.4 Å². The number of benzene rings is 1. The lowest BCUT2D eigenvalue weighted by atomic mass is 10.2. The van der Waals surface area contributed by atoms with Crippen molar-refractivity contribution in [3.63, 3.8) is 0 Å². The molecule has 1 aliphatic heterocycles.